The molecule has 1 aromatic heterocycles. The van der Waals surface area contributed by atoms with Crippen LogP contribution in [0.25, 0.3) is 11.1 Å². The fourth-order valence-electron chi connectivity index (χ4n) is 6.69. The van der Waals surface area contributed by atoms with E-state index < -0.39 is 12.0 Å². The highest BCUT2D eigenvalue weighted by Gasteiger charge is 2.20. The first-order valence-electron chi connectivity index (χ1n) is 18.1. The Kier molecular flexibility index (Phi) is 14.1. The summed E-state index contributed by atoms with van der Waals surface area (Å²) in [7, 11) is 0. The zero-order valence-electron chi connectivity index (χ0n) is 30.7. The number of ether oxygens (including phenoxy) is 3. The van der Waals surface area contributed by atoms with E-state index in [0.29, 0.717) is 48.0 Å². The number of nitrogens with two attached hydrogens (primary N) is 1. The molecule has 0 bridgehead atoms. The number of aliphatic hydroxyl groups is 1. The number of aliphatic hydroxyl groups excluding tert-OH is 1. The van der Waals surface area contributed by atoms with E-state index >= 15 is 0 Å². The standard InChI is InChI=1S/C42H49ClN4O6/c1-27(17-38(45)42(49)50)11-12-32-19-37(43)41(20-40(32)52-25-31-18-30(21-44)22-46-23-31)53-26-33-7-4-8-35(28(33)2)36-9-5-10-39(29(36)3)51-16-6-14-47-15-13-34(48)24-47/h4-5,7-10,18-20,22-23,27,34,38,48H,6,11-17,24-26,45H2,1-3H3,(H,49,50)/t27?,34?,38-/m0/s1. The molecule has 2 unspecified atom stereocenters. The number of nitrogens with zero attached hydrogens (tertiary/aromatic N) is 3. The number of carboxylic acids is 1. The third-order valence-corrected chi connectivity index (χ3v) is 10.1. The largest absolute Gasteiger partial charge is 0.493 e. The molecule has 1 aliphatic heterocycles. The highest BCUT2D eigenvalue weighted by atomic mass is 35.5. The number of carbonyl (C=O) groups is 1. The Bertz CT molecular complexity index is 1910. The second kappa shape index (κ2) is 18.9. The molecule has 11 heteroatoms. The minimum atomic E-state index is -1.01. The summed E-state index contributed by atoms with van der Waals surface area (Å²) in [6.07, 6.45) is 6.30. The van der Waals surface area contributed by atoms with Crippen molar-refractivity contribution in [3.63, 3.8) is 0 Å². The molecular weight excluding hydrogens is 692 g/mol. The number of benzene rings is 3. The average molecular weight is 741 g/mol. The molecular formula is C42H49ClN4O6. The summed E-state index contributed by atoms with van der Waals surface area (Å²) in [4.78, 5) is 17.7. The van der Waals surface area contributed by atoms with Crippen molar-refractivity contribution in [3.05, 3.63) is 105 Å². The Balaban J connectivity index is 1.30. The Morgan fingerprint density at radius 1 is 1.02 bits per heavy atom. The number of carboxylic acid groups (broad SMARTS) is 1. The molecule has 4 aromatic rings. The normalized spacial score (nSPS) is 15.5. The molecule has 0 saturated carbocycles. The van der Waals surface area contributed by atoms with Crippen LogP contribution in [0.3, 0.4) is 0 Å². The van der Waals surface area contributed by atoms with Crippen LogP contribution in [0, 0.1) is 31.1 Å². The monoisotopic (exact) mass is 740 g/mol. The minimum Gasteiger partial charge on any atom is -0.493 e. The molecule has 0 radical (unpaired) electrons. The van der Waals surface area contributed by atoms with Crippen LogP contribution in [0.1, 0.15) is 66.0 Å². The summed E-state index contributed by atoms with van der Waals surface area (Å²) in [5.74, 6) is 0.951. The number of aryl methyl sites for hydroxylation is 1. The van der Waals surface area contributed by atoms with Gasteiger partial charge in [-0.05, 0) is 103 Å². The van der Waals surface area contributed by atoms with Gasteiger partial charge in [0.2, 0.25) is 0 Å². The first-order valence-corrected chi connectivity index (χ1v) is 18.5. The van der Waals surface area contributed by atoms with Gasteiger partial charge in [0.05, 0.1) is 23.3 Å². The third kappa shape index (κ3) is 10.9. The molecule has 10 nitrogen and oxygen atoms in total. The van der Waals surface area contributed by atoms with Gasteiger partial charge in [-0.25, -0.2) is 0 Å². The lowest BCUT2D eigenvalue weighted by atomic mass is 9.93. The van der Waals surface area contributed by atoms with E-state index in [1.165, 1.54) is 6.20 Å². The van der Waals surface area contributed by atoms with Crippen molar-refractivity contribution in [2.45, 2.75) is 78.2 Å². The van der Waals surface area contributed by atoms with E-state index in [0.717, 1.165) is 77.2 Å². The lowest BCUT2D eigenvalue weighted by Crippen LogP contribution is -2.31. The SMILES string of the molecule is Cc1c(COc2cc(OCc3cncc(C#N)c3)c(CCC(C)C[C@H](N)C(=O)O)cc2Cl)cccc1-c1cccc(OCCCN2CCC(O)C2)c1C. The van der Waals surface area contributed by atoms with E-state index in [1.807, 2.05) is 37.3 Å². The highest BCUT2D eigenvalue weighted by Crippen LogP contribution is 2.37. The van der Waals surface area contributed by atoms with E-state index in [-0.39, 0.29) is 25.2 Å². The lowest BCUT2D eigenvalue weighted by Gasteiger charge is -2.19. The number of aliphatic carboxylic acids is 1. The van der Waals surface area contributed by atoms with Gasteiger partial charge in [-0.15, -0.1) is 0 Å². The molecule has 0 amide bonds. The molecule has 280 valence electrons. The Labute approximate surface area is 317 Å². The lowest BCUT2D eigenvalue weighted by molar-refractivity contribution is -0.138. The maximum atomic E-state index is 11.3. The van der Waals surface area contributed by atoms with E-state index in [4.69, 9.17) is 31.5 Å². The summed E-state index contributed by atoms with van der Waals surface area (Å²) in [6, 6.07) is 18.9. The van der Waals surface area contributed by atoms with Crippen LogP contribution in [-0.2, 0) is 24.4 Å². The number of aromatic nitrogens is 1. The van der Waals surface area contributed by atoms with Crippen LogP contribution in [0.4, 0.5) is 0 Å². The van der Waals surface area contributed by atoms with Gasteiger partial charge in [0.1, 0.15) is 42.6 Å². The summed E-state index contributed by atoms with van der Waals surface area (Å²) >= 11 is 6.81. The molecule has 3 atom stereocenters. The predicted molar refractivity (Wildman–Crippen MR) is 205 cm³/mol. The topological polar surface area (TPSA) is 151 Å². The highest BCUT2D eigenvalue weighted by molar-refractivity contribution is 6.32. The molecule has 1 aliphatic rings. The van der Waals surface area contributed by atoms with Gasteiger partial charge in [0.15, 0.2) is 0 Å². The van der Waals surface area contributed by atoms with Gasteiger partial charge < -0.3 is 35.1 Å². The first kappa shape index (κ1) is 39.5. The predicted octanol–water partition coefficient (Wildman–Crippen LogP) is 7.25. The molecule has 4 N–H and O–H groups in total. The second-order valence-electron chi connectivity index (χ2n) is 13.9. The Morgan fingerprint density at radius 2 is 1.77 bits per heavy atom. The smallest absolute Gasteiger partial charge is 0.320 e. The minimum absolute atomic E-state index is 0.0573. The van der Waals surface area contributed by atoms with E-state index in [1.54, 1.807) is 18.3 Å². The molecule has 0 aliphatic carbocycles. The molecule has 1 saturated heterocycles. The van der Waals surface area contributed by atoms with Gasteiger partial charge in [-0.3, -0.25) is 9.78 Å². The van der Waals surface area contributed by atoms with Gasteiger partial charge in [0.25, 0.3) is 0 Å². The van der Waals surface area contributed by atoms with Gasteiger partial charge >= 0.3 is 5.97 Å². The molecule has 0 spiro atoms. The summed E-state index contributed by atoms with van der Waals surface area (Å²) in [5, 5.41) is 28.8. The van der Waals surface area contributed by atoms with E-state index in [2.05, 4.69) is 41.9 Å². The van der Waals surface area contributed by atoms with Crippen molar-refractivity contribution in [2.75, 3.05) is 26.2 Å². The fourth-order valence-corrected chi connectivity index (χ4v) is 6.94. The number of nitriles is 1. The quantitative estimate of drug-likeness (QED) is 0.0890. The third-order valence-electron chi connectivity index (χ3n) is 9.84. The van der Waals surface area contributed by atoms with Crippen molar-refractivity contribution in [3.8, 4) is 34.4 Å². The van der Waals surface area contributed by atoms with Crippen LogP contribution in [0.2, 0.25) is 5.02 Å². The zero-order valence-corrected chi connectivity index (χ0v) is 31.4. The molecule has 1 fully saturated rings. The molecule has 5 rings (SSSR count). The Morgan fingerprint density at radius 3 is 2.51 bits per heavy atom. The second-order valence-corrected chi connectivity index (χ2v) is 14.4. The van der Waals surface area contributed by atoms with Gasteiger partial charge in [0, 0.05) is 43.7 Å². The van der Waals surface area contributed by atoms with Crippen LogP contribution < -0.4 is 19.9 Å². The number of hydrogen-bond acceptors (Lipinski definition) is 9. The average Bonchev–Trinajstić information content (AvgIpc) is 3.57. The number of halogens is 1. The van der Waals surface area contributed by atoms with Crippen LogP contribution in [0.5, 0.6) is 17.2 Å². The summed E-state index contributed by atoms with van der Waals surface area (Å²) in [6.45, 7) is 9.80. The van der Waals surface area contributed by atoms with Crippen molar-refractivity contribution < 1.29 is 29.2 Å². The molecule has 53 heavy (non-hydrogen) atoms. The number of β-amino-alcohol motifs (C(OH)–C–C–N with tert-alkyl or cyclic N) is 1. The maximum Gasteiger partial charge on any atom is 0.320 e. The van der Waals surface area contributed by atoms with Crippen molar-refractivity contribution in [1.82, 2.24) is 9.88 Å². The number of pyridine rings is 1. The number of hydrogen-bond donors (Lipinski definition) is 3. The van der Waals surface area contributed by atoms with Crippen LogP contribution in [0.15, 0.2) is 67.0 Å². The molecule has 3 aromatic carbocycles. The fraction of sp³-hybridized carbons (Fsp3) is 0.405. The van der Waals surface area contributed by atoms with Crippen LogP contribution in [-0.4, -0.2) is 64.5 Å². The van der Waals surface area contributed by atoms with Gasteiger partial charge in [-0.1, -0.05) is 48.9 Å². The molecule has 2 heterocycles. The number of likely N-dealkylation sites (tertiary alicyclic amines) is 1. The van der Waals surface area contributed by atoms with Crippen LogP contribution >= 0.6 is 11.6 Å². The first-order chi connectivity index (χ1) is 25.5. The van der Waals surface area contributed by atoms with Crippen molar-refractivity contribution >= 4 is 17.6 Å². The summed E-state index contributed by atoms with van der Waals surface area (Å²) in [5.41, 5.74) is 13.2. The van der Waals surface area contributed by atoms with E-state index in [9.17, 15) is 20.3 Å². The zero-order chi connectivity index (χ0) is 37.9. The maximum absolute atomic E-state index is 11.3. The number of rotatable bonds is 18. The van der Waals surface area contributed by atoms with Crippen molar-refractivity contribution in [2.24, 2.45) is 11.7 Å². The summed E-state index contributed by atoms with van der Waals surface area (Å²) < 4.78 is 18.9. The Hall–Kier alpha value is -4.66. The van der Waals surface area contributed by atoms with Crippen molar-refractivity contribution in [1.29, 1.82) is 5.26 Å². The van der Waals surface area contributed by atoms with Gasteiger partial charge in [-0.2, -0.15) is 5.26 Å².